The van der Waals surface area contributed by atoms with E-state index in [2.05, 4.69) is 21.2 Å². The van der Waals surface area contributed by atoms with Crippen molar-refractivity contribution in [2.45, 2.75) is 17.7 Å². The van der Waals surface area contributed by atoms with Crippen LogP contribution in [0.25, 0.3) is 0 Å². The third-order valence-corrected chi connectivity index (χ3v) is 2.93. The summed E-state index contributed by atoms with van der Waals surface area (Å²) in [4.78, 5) is 10.4. The lowest BCUT2D eigenvalue weighted by atomic mass is 9.95. The van der Waals surface area contributed by atoms with E-state index in [0.29, 0.717) is 5.92 Å². The van der Waals surface area contributed by atoms with E-state index in [9.17, 15) is 4.79 Å². The Balaban J connectivity index is 2.30. The molecule has 1 saturated heterocycles. The minimum atomic E-state index is 0.0783. The molecule has 0 saturated carbocycles. The van der Waals surface area contributed by atoms with Crippen molar-refractivity contribution in [1.29, 1.82) is 0 Å². The first kappa shape index (κ1) is 8.21. The number of nitrogens with one attached hydrogen (secondary N) is 1. The summed E-state index contributed by atoms with van der Waals surface area (Å²) in [5.74, 6) is 0.554. The Hall–Kier alpha value is 0.110. The predicted octanol–water partition coefficient (Wildman–Crippen LogP) is 0.948. The second-order valence-electron chi connectivity index (χ2n) is 2.67. The minimum absolute atomic E-state index is 0.0783. The average Bonchev–Trinajstić information content (AvgIpc) is 2.05. The summed E-state index contributed by atoms with van der Waals surface area (Å²) in [6.07, 6.45) is 3.24. The molecule has 1 N–H and O–H groups in total. The lowest BCUT2D eigenvalue weighted by molar-refractivity contribution is -0.108. The maximum absolute atomic E-state index is 10.3. The van der Waals surface area contributed by atoms with E-state index in [-0.39, 0.29) is 4.83 Å². The number of carbonyl (C=O) groups is 1. The Morgan fingerprint density at radius 1 is 1.50 bits per heavy atom. The van der Waals surface area contributed by atoms with Crippen molar-refractivity contribution in [3.05, 3.63) is 0 Å². The Kier molecular flexibility index (Phi) is 3.35. The quantitative estimate of drug-likeness (QED) is 0.538. The van der Waals surface area contributed by atoms with Crippen LogP contribution in [0, 0.1) is 5.92 Å². The molecule has 1 aliphatic rings. The van der Waals surface area contributed by atoms with Crippen LogP contribution in [0.15, 0.2) is 0 Å². The number of halogens is 1. The van der Waals surface area contributed by atoms with E-state index in [0.717, 1.165) is 32.2 Å². The Labute approximate surface area is 69.5 Å². The molecule has 1 atom stereocenters. The molecule has 0 aromatic rings. The second-order valence-corrected chi connectivity index (χ2v) is 3.73. The van der Waals surface area contributed by atoms with Crippen molar-refractivity contribution in [1.82, 2.24) is 5.32 Å². The maximum Gasteiger partial charge on any atom is 0.133 e. The molecule has 0 aromatic heterocycles. The average molecular weight is 206 g/mol. The van der Waals surface area contributed by atoms with Crippen LogP contribution < -0.4 is 5.32 Å². The topological polar surface area (TPSA) is 29.1 Å². The van der Waals surface area contributed by atoms with Crippen molar-refractivity contribution in [3.63, 3.8) is 0 Å². The van der Waals surface area contributed by atoms with Crippen molar-refractivity contribution in [3.8, 4) is 0 Å². The van der Waals surface area contributed by atoms with E-state index in [1.807, 2.05) is 0 Å². The van der Waals surface area contributed by atoms with Crippen LogP contribution in [0.4, 0.5) is 0 Å². The minimum Gasteiger partial charge on any atom is -0.317 e. The van der Waals surface area contributed by atoms with Gasteiger partial charge in [-0.15, -0.1) is 0 Å². The summed E-state index contributed by atoms with van der Waals surface area (Å²) in [6.45, 7) is 2.11. The van der Waals surface area contributed by atoms with Crippen LogP contribution in [-0.4, -0.2) is 24.2 Å². The van der Waals surface area contributed by atoms with Crippen molar-refractivity contribution >= 4 is 22.2 Å². The molecule has 10 heavy (non-hydrogen) atoms. The fourth-order valence-corrected chi connectivity index (χ4v) is 1.80. The van der Waals surface area contributed by atoms with Crippen molar-refractivity contribution in [2.75, 3.05) is 13.1 Å². The van der Waals surface area contributed by atoms with Crippen LogP contribution in [0.1, 0.15) is 12.8 Å². The molecule has 0 radical (unpaired) electrons. The van der Waals surface area contributed by atoms with Gasteiger partial charge in [-0.05, 0) is 31.8 Å². The second kappa shape index (κ2) is 4.09. The Morgan fingerprint density at radius 3 is 2.60 bits per heavy atom. The normalized spacial score (nSPS) is 24.1. The predicted molar refractivity (Wildman–Crippen MR) is 44.4 cm³/mol. The molecule has 2 nitrogen and oxygen atoms in total. The molecule has 58 valence electrons. The molecule has 1 fully saturated rings. The van der Waals surface area contributed by atoms with Crippen molar-refractivity contribution in [2.24, 2.45) is 5.92 Å². The highest BCUT2D eigenvalue weighted by Gasteiger charge is 2.19. The molecule has 0 amide bonds. The fraction of sp³-hybridized carbons (Fsp3) is 0.857. The highest BCUT2D eigenvalue weighted by Crippen LogP contribution is 2.20. The first-order valence-electron chi connectivity index (χ1n) is 3.64. The summed E-state index contributed by atoms with van der Waals surface area (Å²) in [7, 11) is 0. The van der Waals surface area contributed by atoms with Gasteiger partial charge in [-0.2, -0.15) is 0 Å². The molecule has 1 unspecified atom stereocenters. The summed E-state index contributed by atoms with van der Waals surface area (Å²) in [6, 6.07) is 0. The zero-order valence-electron chi connectivity index (χ0n) is 5.85. The third kappa shape index (κ3) is 2.06. The van der Waals surface area contributed by atoms with Crippen LogP contribution >= 0.6 is 15.9 Å². The zero-order chi connectivity index (χ0) is 7.40. The summed E-state index contributed by atoms with van der Waals surface area (Å²) in [5.41, 5.74) is 0. The summed E-state index contributed by atoms with van der Waals surface area (Å²) >= 11 is 3.34. The SMILES string of the molecule is O=CC(Br)C1CCNCC1. The molecule has 0 spiro atoms. The number of alkyl halides is 1. The van der Waals surface area contributed by atoms with Gasteiger partial charge in [-0.3, -0.25) is 0 Å². The number of rotatable bonds is 2. The zero-order valence-corrected chi connectivity index (χ0v) is 7.43. The van der Waals surface area contributed by atoms with Gasteiger partial charge >= 0.3 is 0 Å². The monoisotopic (exact) mass is 205 g/mol. The smallest absolute Gasteiger partial charge is 0.133 e. The Bertz CT molecular complexity index is 112. The number of aldehydes is 1. The highest BCUT2D eigenvalue weighted by atomic mass is 79.9. The van der Waals surface area contributed by atoms with E-state index in [4.69, 9.17) is 0 Å². The molecule has 0 aromatic carbocycles. The fourth-order valence-electron chi connectivity index (χ4n) is 1.27. The Morgan fingerprint density at radius 2 is 2.10 bits per heavy atom. The van der Waals surface area contributed by atoms with Gasteiger partial charge in [0.1, 0.15) is 6.29 Å². The van der Waals surface area contributed by atoms with Crippen LogP contribution in [0.3, 0.4) is 0 Å². The van der Waals surface area contributed by atoms with E-state index in [1.54, 1.807) is 0 Å². The lowest BCUT2D eigenvalue weighted by Crippen LogP contribution is -2.32. The lowest BCUT2D eigenvalue weighted by Gasteiger charge is -2.23. The van der Waals surface area contributed by atoms with E-state index >= 15 is 0 Å². The summed E-state index contributed by atoms with van der Waals surface area (Å²) < 4.78 is 0. The molecular weight excluding hydrogens is 194 g/mol. The van der Waals surface area contributed by atoms with Crippen LogP contribution in [0.2, 0.25) is 0 Å². The van der Waals surface area contributed by atoms with E-state index in [1.165, 1.54) is 0 Å². The van der Waals surface area contributed by atoms with Crippen LogP contribution in [0.5, 0.6) is 0 Å². The first-order valence-corrected chi connectivity index (χ1v) is 4.56. The van der Waals surface area contributed by atoms with Gasteiger partial charge in [0.15, 0.2) is 0 Å². The molecule has 0 aliphatic carbocycles. The van der Waals surface area contributed by atoms with Crippen LogP contribution in [-0.2, 0) is 4.79 Å². The summed E-state index contributed by atoms with van der Waals surface area (Å²) in [5, 5.41) is 3.26. The molecule has 1 heterocycles. The number of carbonyl (C=O) groups excluding carboxylic acids is 1. The van der Waals surface area contributed by atoms with Gasteiger partial charge in [0.05, 0.1) is 4.83 Å². The standard InChI is InChI=1S/C7H12BrNO/c8-7(5-10)6-1-3-9-4-2-6/h5-7,9H,1-4H2. The third-order valence-electron chi connectivity index (χ3n) is 1.96. The molecular formula is C7H12BrNO. The molecule has 3 heteroatoms. The first-order chi connectivity index (χ1) is 4.84. The van der Waals surface area contributed by atoms with Gasteiger partial charge in [-0.25, -0.2) is 0 Å². The van der Waals surface area contributed by atoms with Gasteiger partial charge in [0.2, 0.25) is 0 Å². The van der Waals surface area contributed by atoms with Crippen molar-refractivity contribution < 1.29 is 4.79 Å². The number of piperidine rings is 1. The molecule has 0 bridgehead atoms. The van der Waals surface area contributed by atoms with Gasteiger partial charge in [0.25, 0.3) is 0 Å². The van der Waals surface area contributed by atoms with Gasteiger partial charge < -0.3 is 10.1 Å². The van der Waals surface area contributed by atoms with Gasteiger partial charge in [-0.1, -0.05) is 15.9 Å². The number of hydrogen-bond donors (Lipinski definition) is 1. The molecule has 1 aliphatic heterocycles. The number of hydrogen-bond acceptors (Lipinski definition) is 2. The molecule has 1 rings (SSSR count). The van der Waals surface area contributed by atoms with E-state index < -0.39 is 0 Å². The van der Waals surface area contributed by atoms with Gasteiger partial charge in [0, 0.05) is 0 Å². The highest BCUT2D eigenvalue weighted by molar-refractivity contribution is 9.09. The largest absolute Gasteiger partial charge is 0.317 e. The maximum atomic E-state index is 10.3.